The summed E-state index contributed by atoms with van der Waals surface area (Å²) in [6.07, 6.45) is 1.71. The zero-order valence-corrected chi connectivity index (χ0v) is 8.36. The Morgan fingerprint density at radius 2 is 1.86 bits per heavy atom. The molecule has 2 aromatic rings. The maximum absolute atomic E-state index is 8.00. The molecular weight excluding hydrogens is 180 g/mol. The fraction of sp³-hybridized carbons (Fsp3) is 0.182. The molecule has 3 heteroatoms. The van der Waals surface area contributed by atoms with Crippen LogP contribution < -0.4 is 0 Å². The van der Waals surface area contributed by atoms with Gasteiger partial charge in [0.2, 0.25) is 0 Å². The summed E-state index contributed by atoms with van der Waals surface area (Å²) in [5, 5.41) is 8.18. The Hall–Kier alpha value is -1.61. The van der Waals surface area contributed by atoms with Crippen molar-refractivity contribution >= 4 is 17.8 Å². The molecule has 0 saturated carbocycles. The summed E-state index contributed by atoms with van der Waals surface area (Å²) in [6.45, 7) is 4.08. The highest BCUT2D eigenvalue weighted by atomic mass is 16.3. The van der Waals surface area contributed by atoms with Crippen molar-refractivity contribution in [1.29, 1.82) is 0 Å². The van der Waals surface area contributed by atoms with Crippen LogP contribution in [0.3, 0.4) is 0 Å². The van der Waals surface area contributed by atoms with Gasteiger partial charge in [-0.15, -0.1) is 0 Å². The van der Waals surface area contributed by atoms with Gasteiger partial charge in [0, 0.05) is 12.5 Å². The van der Waals surface area contributed by atoms with Crippen molar-refractivity contribution in [2.24, 2.45) is 0 Å². The highest BCUT2D eigenvalue weighted by molar-refractivity contribution is 5.77. The summed E-state index contributed by atoms with van der Waals surface area (Å²) < 4.78 is 5.17. The van der Waals surface area contributed by atoms with Gasteiger partial charge < -0.3 is 14.3 Å². The summed E-state index contributed by atoms with van der Waals surface area (Å²) >= 11 is 0. The van der Waals surface area contributed by atoms with E-state index in [2.05, 4.69) is 13.0 Å². The van der Waals surface area contributed by atoms with Crippen molar-refractivity contribution in [3.05, 3.63) is 36.1 Å². The first-order valence-corrected chi connectivity index (χ1v) is 4.04. The van der Waals surface area contributed by atoms with Gasteiger partial charge in [-0.3, -0.25) is 0 Å². The Morgan fingerprint density at radius 3 is 2.50 bits per heavy atom. The molecule has 0 saturated heterocycles. The van der Waals surface area contributed by atoms with Gasteiger partial charge in [-0.2, -0.15) is 0 Å². The van der Waals surface area contributed by atoms with Gasteiger partial charge in [-0.05, 0) is 25.1 Å². The van der Waals surface area contributed by atoms with Crippen molar-refractivity contribution < 1.29 is 14.3 Å². The Labute approximate surface area is 83.0 Å². The minimum atomic E-state index is 0.964. The topological polar surface area (TPSA) is 50.4 Å². The van der Waals surface area contributed by atoms with E-state index in [0.29, 0.717) is 0 Å². The first kappa shape index (κ1) is 12.4. The largest absolute Gasteiger partial charge is 0.464 e. The molecule has 1 heterocycles. The fourth-order valence-corrected chi connectivity index (χ4v) is 1.09. The maximum Gasteiger partial charge on any atom is 0.133 e. The molecule has 1 aromatic heterocycles. The SMILES string of the molecule is C=O.CO.Cc1ccc2occc2c1. The fourth-order valence-electron chi connectivity index (χ4n) is 1.09. The van der Waals surface area contributed by atoms with Gasteiger partial charge in [-0.1, -0.05) is 11.6 Å². The van der Waals surface area contributed by atoms with Crippen LogP contribution in [-0.2, 0) is 4.79 Å². The third-order valence-electron chi connectivity index (χ3n) is 1.61. The van der Waals surface area contributed by atoms with Crippen molar-refractivity contribution in [1.82, 2.24) is 0 Å². The smallest absolute Gasteiger partial charge is 0.133 e. The molecular formula is C11H14O3. The number of benzene rings is 1. The van der Waals surface area contributed by atoms with Crippen LogP contribution in [-0.4, -0.2) is 19.0 Å². The predicted molar refractivity (Wildman–Crippen MR) is 56.2 cm³/mol. The number of fused-ring (bicyclic) bond motifs is 1. The normalized spacial score (nSPS) is 8.21. The first-order chi connectivity index (χ1) is 6.86. The monoisotopic (exact) mass is 194 g/mol. The molecule has 1 aromatic carbocycles. The van der Waals surface area contributed by atoms with Crippen LogP contribution in [0.25, 0.3) is 11.0 Å². The first-order valence-electron chi connectivity index (χ1n) is 4.04. The third-order valence-corrected chi connectivity index (χ3v) is 1.61. The summed E-state index contributed by atoms with van der Waals surface area (Å²) in [5.41, 5.74) is 2.24. The lowest BCUT2D eigenvalue weighted by Crippen LogP contribution is -1.67. The minimum absolute atomic E-state index is 0.964. The maximum atomic E-state index is 8.00. The van der Waals surface area contributed by atoms with E-state index in [1.54, 1.807) is 6.26 Å². The van der Waals surface area contributed by atoms with Crippen molar-refractivity contribution in [3.8, 4) is 0 Å². The van der Waals surface area contributed by atoms with Crippen LogP contribution in [0.15, 0.2) is 34.9 Å². The second-order valence-corrected chi connectivity index (χ2v) is 2.46. The Balaban J connectivity index is 0.000000379. The number of carbonyl (C=O) groups excluding carboxylic acids is 1. The number of aliphatic hydroxyl groups excluding tert-OH is 1. The Bertz CT molecular complexity index is 365. The van der Waals surface area contributed by atoms with Gasteiger partial charge in [0.15, 0.2) is 0 Å². The van der Waals surface area contributed by atoms with Crippen LogP contribution >= 0.6 is 0 Å². The average Bonchev–Trinajstić information content (AvgIpc) is 2.71. The van der Waals surface area contributed by atoms with Crippen LogP contribution in [0, 0.1) is 6.92 Å². The number of rotatable bonds is 0. The van der Waals surface area contributed by atoms with Crippen LogP contribution in [0.1, 0.15) is 5.56 Å². The zero-order chi connectivity index (χ0) is 11.0. The molecule has 0 fully saturated rings. The lowest BCUT2D eigenvalue weighted by Gasteiger charge is -1.89. The molecule has 0 aliphatic rings. The van der Waals surface area contributed by atoms with Crippen molar-refractivity contribution in [3.63, 3.8) is 0 Å². The van der Waals surface area contributed by atoms with E-state index in [0.717, 1.165) is 12.7 Å². The van der Waals surface area contributed by atoms with E-state index in [1.807, 2.05) is 25.0 Å². The van der Waals surface area contributed by atoms with Crippen LogP contribution in [0.5, 0.6) is 0 Å². The highest BCUT2D eigenvalue weighted by Crippen LogP contribution is 2.15. The van der Waals surface area contributed by atoms with Gasteiger partial charge in [0.1, 0.15) is 12.4 Å². The van der Waals surface area contributed by atoms with E-state index < -0.39 is 0 Å². The van der Waals surface area contributed by atoms with E-state index in [-0.39, 0.29) is 0 Å². The van der Waals surface area contributed by atoms with E-state index in [9.17, 15) is 0 Å². The molecule has 0 unspecified atom stereocenters. The van der Waals surface area contributed by atoms with E-state index in [4.69, 9.17) is 14.3 Å². The summed E-state index contributed by atoms with van der Waals surface area (Å²) in [6, 6.07) is 8.12. The van der Waals surface area contributed by atoms with Crippen molar-refractivity contribution in [2.45, 2.75) is 6.92 Å². The van der Waals surface area contributed by atoms with Gasteiger partial charge >= 0.3 is 0 Å². The zero-order valence-electron chi connectivity index (χ0n) is 8.36. The number of carbonyl (C=O) groups is 1. The molecule has 3 nitrogen and oxygen atoms in total. The molecule has 0 aliphatic carbocycles. The average molecular weight is 194 g/mol. The number of hydrogen-bond acceptors (Lipinski definition) is 3. The second kappa shape index (κ2) is 6.86. The van der Waals surface area contributed by atoms with Gasteiger partial charge in [0.05, 0.1) is 6.26 Å². The molecule has 0 aliphatic heterocycles. The molecule has 14 heavy (non-hydrogen) atoms. The van der Waals surface area contributed by atoms with Crippen molar-refractivity contribution in [2.75, 3.05) is 7.11 Å². The van der Waals surface area contributed by atoms with Crippen LogP contribution in [0.2, 0.25) is 0 Å². The minimum Gasteiger partial charge on any atom is -0.464 e. The number of aliphatic hydroxyl groups is 1. The standard InChI is InChI=1S/C9H8O.CH4O.CH2O/c1-7-2-3-9-8(6-7)4-5-10-9;2*1-2/h2-6H,1H3;2H,1H3;1H2. The Morgan fingerprint density at radius 1 is 1.21 bits per heavy atom. The molecule has 0 amide bonds. The quantitative estimate of drug-likeness (QED) is 0.699. The summed E-state index contributed by atoms with van der Waals surface area (Å²) in [7, 11) is 1.00. The summed E-state index contributed by atoms with van der Waals surface area (Å²) in [4.78, 5) is 8.00. The molecule has 1 N–H and O–H groups in total. The highest BCUT2D eigenvalue weighted by Gasteiger charge is 1.93. The molecule has 0 radical (unpaired) electrons. The lowest BCUT2D eigenvalue weighted by atomic mass is 10.2. The summed E-state index contributed by atoms with van der Waals surface area (Å²) in [5.74, 6) is 0. The number of furan rings is 1. The molecule has 2 rings (SSSR count). The Kier molecular flexibility index (Phi) is 6.07. The molecule has 0 bridgehead atoms. The third kappa shape index (κ3) is 3.03. The predicted octanol–water partition coefficient (Wildman–Crippen LogP) is 2.16. The molecule has 0 atom stereocenters. The van der Waals surface area contributed by atoms with Gasteiger partial charge in [0.25, 0.3) is 0 Å². The number of hydrogen-bond donors (Lipinski definition) is 1. The molecule has 76 valence electrons. The van der Waals surface area contributed by atoms with Crippen LogP contribution in [0.4, 0.5) is 0 Å². The van der Waals surface area contributed by atoms with E-state index in [1.165, 1.54) is 10.9 Å². The van der Waals surface area contributed by atoms with Gasteiger partial charge in [-0.25, -0.2) is 0 Å². The lowest BCUT2D eigenvalue weighted by molar-refractivity contribution is -0.0979. The van der Waals surface area contributed by atoms with E-state index >= 15 is 0 Å². The number of aryl methyl sites for hydroxylation is 1. The molecule has 0 spiro atoms. The second-order valence-electron chi connectivity index (χ2n) is 2.46.